The molecule has 20 heavy (non-hydrogen) atoms. The number of hydrogen-bond acceptors (Lipinski definition) is 4. The standard InChI is InChI=1S/C12H9F3N3OS/c1-3-8-6-20-11(16-8)9(5-19)18-7(2)4-10(17-18)12(13,14)15/h3-4,6,9H,1H2,2H3. The molecular formula is C12H9F3N3OS. The molecule has 4 nitrogen and oxygen atoms in total. The first kappa shape index (κ1) is 14.4. The molecule has 0 saturated heterocycles. The van der Waals surface area contributed by atoms with Gasteiger partial charge in [-0.3, -0.25) is 9.48 Å². The molecule has 0 saturated carbocycles. The molecule has 0 bridgehead atoms. The van der Waals surface area contributed by atoms with Crippen molar-refractivity contribution < 1.29 is 18.0 Å². The molecule has 0 aliphatic carbocycles. The van der Waals surface area contributed by atoms with Gasteiger partial charge in [0.15, 0.2) is 11.7 Å². The van der Waals surface area contributed by atoms with Gasteiger partial charge in [-0.05, 0) is 19.1 Å². The number of alkyl halides is 3. The number of aromatic nitrogens is 3. The number of rotatable bonds is 4. The highest BCUT2D eigenvalue weighted by molar-refractivity contribution is 7.09. The molecule has 1 radical (unpaired) electrons. The highest BCUT2D eigenvalue weighted by atomic mass is 32.1. The Hall–Kier alpha value is -1.96. The largest absolute Gasteiger partial charge is 0.435 e. The van der Waals surface area contributed by atoms with E-state index in [0.29, 0.717) is 10.7 Å². The van der Waals surface area contributed by atoms with Crippen LogP contribution in [-0.4, -0.2) is 21.1 Å². The van der Waals surface area contributed by atoms with Gasteiger partial charge in [0.05, 0.1) is 5.69 Å². The molecular weight excluding hydrogens is 291 g/mol. The third kappa shape index (κ3) is 2.64. The van der Waals surface area contributed by atoms with E-state index in [-0.39, 0.29) is 5.69 Å². The zero-order valence-electron chi connectivity index (χ0n) is 10.3. The zero-order chi connectivity index (χ0) is 14.9. The Kier molecular flexibility index (Phi) is 3.76. The topological polar surface area (TPSA) is 47.8 Å². The maximum absolute atomic E-state index is 12.6. The second kappa shape index (κ2) is 5.20. The first-order chi connectivity index (χ1) is 9.36. The Morgan fingerprint density at radius 3 is 2.70 bits per heavy atom. The van der Waals surface area contributed by atoms with Crippen LogP contribution >= 0.6 is 11.3 Å². The molecule has 2 rings (SSSR count). The van der Waals surface area contributed by atoms with Crippen molar-refractivity contribution >= 4 is 23.7 Å². The molecule has 0 amide bonds. The van der Waals surface area contributed by atoms with E-state index >= 15 is 0 Å². The number of nitrogens with zero attached hydrogens (tertiary/aromatic N) is 3. The van der Waals surface area contributed by atoms with Crippen molar-refractivity contribution in [2.45, 2.75) is 19.1 Å². The minimum atomic E-state index is -4.56. The summed E-state index contributed by atoms with van der Waals surface area (Å²) in [5.41, 5.74) is -0.289. The van der Waals surface area contributed by atoms with Crippen molar-refractivity contribution in [2.24, 2.45) is 0 Å². The highest BCUT2D eigenvalue weighted by Crippen LogP contribution is 2.30. The predicted octanol–water partition coefficient (Wildman–Crippen LogP) is 3.01. The zero-order valence-corrected chi connectivity index (χ0v) is 11.1. The van der Waals surface area contributed by atoms with Gasteiger partial charge in [-0.25, -0.2) is 4.98 Å². The van der Waals surface area contributed by atoms with E-state index in [1.54, 1.807) is 11.7 Å². The van der Waals surface area contributed by atoms with E-state index in [4.69, 9.17) is 0 Å². The van der Waals surface area contributed by atoms with Gasteiger partial charge in [-0.1, -0.05) is 6.58 Å². The van der Waals surface area contributed by atoms with Crippen LogP contribution in [0.15, 0.2) is 18.0 Å². The SMILES string of the molecule is C=Cc1csc(C([C]=O)n2nc(C(F)(F)F)cc2C)n1. The Bertz CT molecular complexity index is 645. The summed E-state index contributed by atoms with van der Waals surface area (Å²) < 4.78 is 38.8. The number of hydrogen-bond donors (Lipinski definition) is 0. The number of carbonyl (C=O) groups excluding carboxylic acids is 1. The molecule has 0 aliphatic heterocycles. The molecule has 0 fully saturated rings. The third-order valence-electron chi connectivity index (χ3n) is 2.55. The van der Waals surface area contributed by atoms with E-state index in [0.717, 1.165) is 22.1 Å². The molecule has 2 heterocycles. The lowest BCUT2D eigenvalue weighted by molar-refractivity contribution is -0.141. The van der Waals surface area contributed by atoms with Gasteiger partial charge < -0.3 is 0 Å². The summed E-state index contributed by atoms with van der Waals surface area (Å²) in [6.07, 6.45) is -1.40. The Morgan fingerprint density at radius 2 is 2.25 bits per heavy atom. The molecule has 1 unspecified atom stereocenters. The first-order valence-electron chi connectivity index (χ1n) is 5.45. The van der Waals surface area contributed by atoms with Crippen molar-refractivity contribution in [3.63, 3.8) is 0 Å². The lowest BCUT2D eigenvalue weighted by Gasteiger charge is -2.09. The minimum Gasteiger partial charge on any atom is -0.288 e. The van der Waals surface area contributed by atoms with Gasteiger partial charge in [0, 0.05) is 11.1 Å². The molecule has 0 aliphatic rings. The predicted molar refractivity (Wildman–Crippen MR) is 68.0 cm³/mol. The van der Waals surface area contributed by atoms with Crippen molar-refractivity contribution in [1.82, 2.24) is 14.8 Å². The lowest BCUT2D eigenvalue weighted by Crippen LogP contribution is -2.16. The smallest absolute Gasteiger partial charge is 0.288 e. The van der Waals surface area contributed by atoms with E-state index in [1.807, 2.05) is 0 Å². The van der Waals surface area contributed by atoms with Gasteiger partial charge in [0.2, 0.25) is 6.29 Å². The minimum absolute atomic E-state index is 0.209. The maximum atomic E-state index is 12.6. The van der Waals surface area contributed by atoms with Crippen LogP contribution in [0, 0.1) is 6.92 Å². The first-order valence-corrected chi connectivity index (χ1v) is 6.33. The average molecular weight is 300 g/mol. The Labute approximate surface area is 116 Å². The van der Waals surface area contributed by atoms with E-state index < -0.39 is 17.9 Å². The van der Waals surface area contributed by atoms with E-state index in [9.17, 15) is 18.0 Å². The van der Waals surface area contributed by atoms with Crippen LogP contribution in [0.25, 0.3) is 6.08 Å². The molecule has 105 valence electrons. The van der Waals surface area contributed by atoms with Crippen LogP contribution in [0.1, 0.15) is 28.1 Å². The lowest BCUT2D eigenvalue weighted by atomic mass is 10.3. The number of thiazole rings is 1. The third-order valence-corrected chi connectivity index (χ3v) is 3.47. The van der Waals surface area contributed by atoms with Crippen LogP contribution < -0.4 is 0 Å². The fourth-order valence-electron chi connectivity index (χ4n) is 1.61. The van der Waals surface area contributed by atoms with E-state index in [2.05, 4.69) is 16.7 Å². The van der Waals surface area contributed by atoms with Crippen LogP contribution in [-0.2, 0) is 11.0 Å². The molecule has 1 atom stereocenters. The molecule has 2 aromatic heterocycles. The quantitative estimate of drug-likeness (QED) is 0.872. The second-order valence-electron chi connectivity index (χ2n) is 3.95. The van der Waals surface area contributed by atoms with Crippen molar-refractivity contribution in [3.8, 4) is 0 Å². The van der Waals surface area contributed by atoms with Gasteiger partial charge in [0.25, 0.3) is 0 Å². The van der Waals surface area contributed by atoms with Gasteiger partial charge >= 0.3 is 6.18 Å². The van der Waals surface area contributed by atoms with Gasteiger partial charge in [0.1, 0.15) is 5.01 Å². The highest BCUT2D eigenvalue weighted by Gasteiger charge is 2.35. The molecule has 0 aromatic carbocycles. The van der Waals surface area contributed by atoms with Crippen molar-refractivity contribution in [1.29, 1.82) is 0 Å². The Morgan fingerprint density at radius 1 is 1.55 bits per heavy atom. The Balaban J connectivity index is 2.44. The van der Waals surface area contributed by atoms with Crippen LogP contribution in [0.5, 0.6) is 0 Å². The second-order valence-corrected chi connectivity index (χ2v) is 4.84. The molecule has 0 N–H and O–H groups in total. The monoisotopic (exact) mass is 300 g/mol. The fourth-order valence-corrected chi connectivity index (χ4v) is 2.44. The summed E-state index contributed by atoms with van der Waals surface area (Å²) in [4.78, 5) is 15.2. The number of halogens is 3. The van der Waals surface area contributed by atoms with Crippen molar-refractivity contribution in [2.75, 3.05) is 0 Å². The van der Waals surface area contributed by atoms with Gasteiger partial charge in [-0.2, -0.15) is 18.3 Å². The van der Waals surface area contributed by atoms with Gasteiger partial charge in [-0.15, -0.1) is 11.3 Å². The normalized spacial score (nSPS) is 13.2. The molecule has 2 aromatic rings. The fraction of sp³-hybridized carbons (Fsp3) is 0.250. The maximum Gasteiger partial charge on any atom is 0.435 e. The van der Waals surface area contributed by atoms with Crippen LogP contribution in [0.3, 0.4) is 0 Å². The summed E-state index contributed by atoms with van der Waals surface area (Å²) in [6.45, 7) is 4.97. The number of aryl methyl sites for hydroxylation is 1. The summed E-state index contributed by atoms with van der Waals surface area (Å²) in [6, 6.07) is -0.211. The van der Waals surface area contributed by atoms with E-state index in [1.165, 1.54) is 13.0 Å². The average Bonchev–Trinajstić information content (AvgIpc) is 2.98. The van der Waals surface area contributed by atoms with Crippen molar-refractivity contribution in [3.05, 3.63) is 40.1 Å². The summed E-state index contributed by atoms with van der Waals surface area (Å²) in [7, 11) is 0. The summed E-state index contributed by atoms with van der Waals surface area (Å²) >= 11 is 1.14. The summed E-state index contributed by atoms with van der Waals surface area (Å²) in [5.74, 6) is 0. The summed E-state index contributed by atoms with van der Waals surface area (Å²) in [5, 5.41) is 5.40. The van der Waals surface area contributed by atoms with Crippen LogP contribution in [0.4, 0.5) is 13.2 Å². The van der Waals surface area contributed by atoms with Crippen LogP contribution in [0.2, 0.25) is 0 Å². The molecule has 0 spiro atoms. The molecule has 8 heteroatoms.